The SMILES string of the molecule is O=C(CSc1nc(-c2ccccc2F)nc2cc(=O)[nH]n12)Nc1ccccc1C(F)(F)F. The summed E-state index contributed by atoms with van der Waals surface area (Å²) in [5, 5.41) is 4.80. The number of carbonyl (C=O) groups is 1. The molecule has 2 N–H and O–H groups in total. The van der Waals surface area contributed by atoms with Gasteiger partial charge in [0.25, 0.3) is 5.56 Å². The van der Waals surface area contributed by atoms with Gasteiger partial charge in [-0.3, -0.25) is 14.7 Å². The van der Waals surface area contributed by atoms with Crippen molar-refractivity contribution in [2.45, 2.75) is 11.3 Å². The average Bonchev–Trinajstić information content (AvgIpc) is 3.12. The van der Waals surface area contributed by atoms with Gasteiger partial charge >= 0.3 is 6.18 Å². The number of anilines is 1. The largest absolute Gasteiger partial charge is 0.418 e. The van der Waals surface area contributed by atoms with Gasteiger partial charge in [-0.1, -0.05) is 36.0 Å². The smallest absolute Gasteiger partial charge is 0.325 e. The van der Waals surface area contributed by atoms with Crippen LogP contribution in [0, 0.1) is 5.82 Å². The molecule has 0 aliphatic carbocycles. The summed E-state index contributed by atoms with van der Waals surface area (Å²) >= 11 is 0.845. The van der Waals surface area contributed by atoms with Crippen LogP contribution in [0.4, 0.5) is 23.2 Å². The zero-order chi connectivity index (χ0) is 22.9. The van der Waals surface area contributed by atoms with Crippen molar-refractivity contribution in [3.05, 3.63) is 76.3 Å². The predicted molar refractivity (Wildman–Crippen MR) is 110 cm³/mol. The molecular formula is C20H13F4N5O2S. The van der Waals surface area contributed by atoms with E-state index in [0.29, 0.717) is 0 Å². The van der Waals surface area contributed by atoms with Gasteiger partial charge in [-0.05, 0) is 24.3 Å². The highest BCUT2D eigenvalue weighted by Crippen LogP contribution is 2.34. The highest BCUT2D eigenvalue weighted by atomic mass is 32.2. The number of nitrogens with one attached hydrogen (secondary N) is 2. The summed E-state index contributed by atoms with van der Waals surface area (Å²) < 4.78 is 54.8. The third-order valence-corrected chi connectivity index (χ3v) is 5.22. The molecule has 12 heteroatoms. The lowest BCUT2D eigenvalue weighted by molar-refractivity contribution is -0.137. The lowest BCUT2D eigenvalue weighted by Crippen LogP contribution is -2.18. The van der Waals surface area contributed by atoms with Gasteiger partial charge < -0.3 is 5.32 Å². The summed E-state index contributed by atoms with van der Waals surface area (Å²) in [5.41, 5.74) is -1.60. The monoisotopic (exact) mass is 463 g/mol. The fourth-order valence-corrected chi connectivity index (χ4v) is 3.65. The minimum Gasteiger partial charge on any atom is -0.325 e. The van der Waals surface area contributed by atoms with E-state index in [1.807, 2.05) is 0 Å². The summed E-state index contributed by atoms with van der Waals surface area (Å²) in [5.74, 6) is -1.63. The first kappa shape index (κ1) is 21.6. The molecule has 0 atom stereocenters. The van der Waals surface area contributed by atoms with Crippen molar-refractivity contribution in [2.75, 3.05) is 11.1 Å². The van der Waals surface area contributed by atoms with E-state index in [1.165, 1.54) is 40.9 Å². The molecule has 0 spiro atoms. The van der Waals surface area contributed by atoms with Gasteiger partial charge in [0, 0.05) is 6.07 Å². The molecule has 0 fully saturated rings. The fraction of sp³-hybridized carbons (Fsp3) is 0.100. The average molecular weight is 463 g/mol. The lowest BCUT2D eigenvalue weighted by Gasteiger charge is -2.13. The number of hydrogen-bond donors (Lipinski definition) is 2. The van der Waals surface area contributed by atoms with Crippen LogP contribution in [0.3, 0.4) is 0 Å². The molecule has 0 unspecified atom stereocenters. The highest BCUT2D eigenvalue weighted by Gasteiger charge is 2.33. The first-order valence-electron chi connectivity index (χ1n) is 9.06. The van der Waals surface area contributed by atoms with Gasteiger partial charge in [0.05, 0.1) is 22.6 Å². The topological polar surface area (TPSA) is 92.2 Å². The lowest BCUT2D eigenvalue weighted by atomic mass is 10.1. The van der Waals surface area contributed by atoms with Gasteiger partial charge in [0.1, 0.15) is 5.82 Å². The number of hydrogen-bond acceptors (Lipinski definition) is 5. The molecule has 0 aliphatic heterocycles. The number of alkyl halides is 3. The zero-order valence-electron chi connectivity index (χ0n) is 16.0. The molecule has 4 rings (SSSR count). The molecule has 2 aromatic carbocycles. The quantitative estimate of drug-likeness (QED) is 0.345. The van der Waals surface area contributed by atoms with Crippen LogP contribution in [0.2, 0.25) is 0 Å². The number of fused-ring (bicyclic) bond motifs is 1. The number of thioether (sulfide) groups is 1. The molecule has 2 heterocycles. The standard InChI is InChI=1S/C20H13F4N5O2S/c21-13-7-3-1-5-11(13)18-26-15-9-16(30)28-29(15)19(27-18)32-10-17(31)25-14-8-4-2-6-12(14)20(22,23)24/h1-9H,10H2,(H,25,31)(H,28,30). The number of halogens is 4. The van der Waals surface area contributed by atoms with Gasteiger partial charge in [-0.2, -0.15) is 13.2 Å². The van der Waals surface area contributed by atoms with E-state index in [-0.39, 0.29) is 33.6 Å². The van der Waals surface area contributed by atoms with Crippen molar-refractivity contribution >= 4 is 29.0 Å². The summed E-state index contributed by atoms with van der Waals surface area (Å²) in [7, 11) is 0. The molecule has 7 nitrogen and oxygen atoms in total. The Kier molecular flexibility index (Phi) is 5.70. The van der Waals surface area contributed by atoms with Crippen molar-refractivity contribution in [3.63, 3.8) is 0 Å². The molecule has 32 heavy (non-hydrogen) atoms. The number of amides is 1. The predicted octanol–water partition coefficient (Wildman–Crippen LogP) is 3.97. The van der Waals surface area contributed by atoms with Crippen molar-refractivity contribution in [2.24, 2.45) is 0 Å². The Labute approximate surface area is 181 Å². The molecule has 0 radical (unpaired) electrons. The van der Waals surface area contributed by atoms with Gasteiger partial charge in [-0.15, -0.1) is 0 Å². The zero-order valence-corrected chi connectivity index (χ0v) is 16.8. The number of para-hydroxylation sites is 1. The molecule has 0 aliphatic rings. The minimum absolute atomic E-state index is 0.00701. The number of aromatic nitrogens is 4. The first-order valence-corrected chi connectivity index (χ1v) is 10.0. The van der Waals surface area contributed by atoms with Crippen LogP contribution < -0.4 is 10.9 Å². The van der Waals surface area contributed by atoms with Crippen LogP contribution in [-0.4, -0.2) is 31.2 Å². The van der Waals surface area contributed by atoms with Gasteiger partial charge in [0.15, 0.2) is 16.6 Å². The third-order valence-electron chi connectivity index (χ3n) is 4.28. The van der Waals surface area contributed by atoms with E-state index < -0.39 is 29.0 Å². The second-order valence-corrected chi connectivity index (χ2v) is 7.45. The van der Waals surface area contributed by atoms with Crippen LogP contribution in [0.1, 0.15) is 5.56 Å². The maximum atomic E-state index is 14.2. The Balaban J connectivity index is 1.60. The maximum Gasteiger partial charge on any atom is 0.418 e. The number of benzene rings is 2. The van der Waals surface area contributed by atoms with E-state index in [0.717, 1.165) is 23.9 Å². The molecule has 0 saturated heterocycles. The van der Waals surface area contributed by atoms with Crippen LogP contribution in [0.5, 0.6) is 0 Å². The minimum atomic E-state index is -4.63. The molecule has 0 saturated carbocycles. The summed E-state index contributed by atoms with van der Waals surface area (Å²) in [6, 6.07) is 11.6. The molecule has 164 valence electrons. The van der Waals surface area contributed by atoms with Crippen molar-refractivity contribution in [1.82, 2.24) is 19.6 Å². The number of nitrogens with zero attached hydrogens (tertiary/aromatic N) is 3. The molecule has 4 aromatic rings. The third kappa shape index (κ3) is 4.49. The highest BCUT2D eigenvalue weighted by molar-refractivity contribution is 7.99. The van der Waals surface area contributed by atoms with Crippen LogP contribution >= 0.6 is 11.8 Å². The fourth-order valence-electron chi connectivity index (χ4n) is 2.90. The molecule has 1 amide bonds. The maximum absolute atomic E-state index is 14.2. The van der Waals surface area contributed by atoms with Gasteiger partial charge in [0.2, 0.25) is 5.91 Å². The number of carbonyl (C=O) groups excluding carboxylic acids is 1. The second-order valence-electron chi connectivity index (χ2n) is 6.50. The summed E-state index contributed by atoms with van der Waals surface area (Å²) in [6.45, 7) is 0. The van der Waals surface area contributed by atoms with Crippen LogP contribution in [-0.2, 0) is 11.0 Å². The Morgan fingerprint density at radius 3 is 2.56 bits per heavy atom. The van der Waals surface area contributed by atoms with E-state index in [1.54, 1.807) is 6.07 Å². The summed E-state index contributed by atoms with van der Waals surface area (Å²) in [6.07, 6.45) is -4.63. The summed E-state index contributed by atoms with van der Waals surface area (Å²) in [4.78, 5) is 32.5. The Morgan fingerprint density at radius 2 is 1.81 bits per heavy atom. The Bertz CT molecular complexity index is 1370. The number of aromatic amines is 1. The van der Waals surface area contributed by atoms with Crippen LogP contribution in [0.25, 0.3) is 17.0 Å². The van der Waals surface area contributed by atoms with E-state index in [9.17, 15) is 27.2 Å². The normalized spacial score (nSPS) is 11.6. The van der Waals surface area contributed by atoms with Crippen molar-refractivity contribution in [1.29, 1.82) is 0 Å². The first-order chi connectivity index (χ1) is 15.2. The number of H-pyrrole nitrogens is 1. The molecule has 2 aromatic heterocycles. The van der Waals surface area contributed by atoms with Crippen molar-refractivity contribution < 1.29 is 22.4 Å². The van der Waals surface area contributed by atoms with Crippen molar-refractivity contribution in [3.8, 4) is 11.4 Å². The van der Waals surface area contributed by atoms with Crippen LogP contribution in [0.15, 0.2) is 64.5 Å². The molecule has 0 bridgehead atoms. The van der Waals surface area contributed by atoms with E-state index in [2.05, 4.69) is 20.4 Å². The second kappa shape index (κ2) is 8.46. The van der Waals surface area contributed by atoms with E-state index >= 15 is 0 Å². The number of rotatable bonds is 5. The Morgan fingerprint density at radius 1 is 1.09 bits per heavy atom. The Hall–Kier alpha value is -3.67. The van der Waals surface area contributed by atoms with E-state index in [4.69, 9.17) is 0 Å². The van der Waals surface area contributed by atoms with Gasteiger partial charge in [-0.25, -0.2) is 18.9 Å². The molecular weight excluding hydrogens is 450 g/mol.